The number of alkyl halides is 1. The van der Waals surface area contributed by atoms with Crippen molar-refractivity contribution in [1.82, 2.24) is 10.3 Å². The van der Waals surface area contributed by atoms with Crippen LogP contribution in [0.3, 0.4) is 0 Å². The molecule has 5 heteroatoms. The lowest BCUT2D eigenvalue weighted by Gasteiger charge is -2.24. The average Bonchev–Trinajstić information content (AvgIpc) is 2.34. The minimum atomic E-state index is -0.312. The number of halogens is 1. The fourth-order valence-corrected chi connectivity index (χ4v) is 2.08. The van der Waals surface area contributed by atoms with Crippen LogP contribution < -0.4 is 10.7 Å². The van der Waals surface area contributed by atoms with Gasteiger partial charge in [0.2, 0.25) is 0 Å². The second kappa shape index (κ2) is 6.89. The molecule has 1 rings (SSSR count). The molecule has 0 atom stereocenters. The van der Waals surface area contributed by atoms with E-state index in [1.165, 1.54) is 12.3 Å². The summed E-state index contributed by atoms with van der Waals surface area (Å²) in [6.07, 6.45) is 3.55. The third kappa shape index (κ3) is 5.19. The Morgan fingerprint density at radius 2 is 2.16 bits per heavy atom. The molecule has 106 valence electrons. The number of rotatable bonds is 6. The van der Waals surface area contributed by atoms with Gasteiger partial charge >= 0.3 is 0 Å². The summed E-state index contributed by atoms with van der Waals surface area (Å²) in [4.78, 5) is 26.5. The Morgan fingerprint density at radius 3 is 2.74 bits per heavy atom. The van der Waals surface area contributed by atoms with Crippen LogP contribution >= 0.6 is 15.9 Å². The van der Waals surface area contributed by atoms with Crippen molar-refractivity contribution in [2.45, 2.75) is 33.6 Å². The summed E-state index contributed by atoms with van der Waals surface area (Å²) in [7, 11) is 0. The van der Waals surface area contributed by atoms with Crippen LogP contribution in [0.5, 0.6) is 0 Å². The molecule has 0 saturated carbocycles. The van der Waals surface area contributed by atoms with Gasteiger partial charge in [-0.2, -0.15) is 0 Å². The van der Waals surface area contributed by atoms with Gasteiger partial charge in [0, 0.05) is 29.8 Å². The molecule has 0 aromatic carbocycles. The number of pyridine rings is 1. The highest BCUT2D eigenvalue weighted by molar-refractivity contribution is 9.09. The average molecular weight is 329 g/mol. The van der Waals surface area contributed by atoms with Gasteiger partial charge < -0.3 is 10.3 Å². The third-order valence-corrected chi connectivity index (χ3v) is 3.58. The molecule has 0 radical (unpaired) electrons. The van der Waals surface area contributed by atoms with Crippen LogP contribution in [0.2, 0.25) is 0 Å². The first kappa shape index (κ1) is 16.0. The Balaban J connectivity index is 2.63. The number of carbonyl (C=O) groups is 1. The van der Waals surface area contributed by atoms with Crippen molar-refractivity contribution >= 4 is 21.8 Å². The first-order chi connectivity index (χ1) is 8.85. The van der Waals surface area contributed by atoms with Gasteiger partial charge in [0.15, 0.2) is 5.43 Å². The molecule has 1 amide bonds. The molecule has 0 bridgehead atoms. The highest BCUT2D eigenvalue weighted by atomic mass is 79.9. The second-order valence-corrected chi connectivity index (χ2v) is 6.33. The molecule has 0 unspecified atom stereocenters. The number of nitrogens with one attached hydrogen (secondary N) is 2. The predicted octanol–water partition coefficient (Wildman–Crippen LogP) is 2.61. The van der Waals surface area contributed by atoms with Crippen LogP contribution in [-0.4, -0.2) is 22.8 Å². The van der Waals surface area contributed by atoms with Crippen molar-refractivity contribution in [3.63, 3.8) is 0 Å². The lowest BCUT2D eigenvalue weighted by Crippen LogP contribution is -2.36. The number of aromatic nitrogens is 1. The SMILES string of the molecule is Cc1cc(=O)c(C(=O)NCC(C)(C)CCCBr)c[nH]1. The first-order valence-corrected chi connectivity index (χ1v) is 7.51. The maximum Gasteiger partial charge on any atom is 0.256 e. The van der Waals surface area contributed by atoms with E-state index in [1.807, 2.05) is 0 Å². The lowest BCUT2D eigenvalue weighted by molar-refractivity contribution is 0.0933. The Hall–Kier alpha value is -1.10. The Labute approximate surface area is 122 Å². The van der Waals surface area contributed by atoms with Gasteiger partial charge in [-0.1, -0.05) is 29.8 Å². The minimum absolute atomic E-state index is 0.0287. The summed E-state index contributed by atoms with van der Waals surface area (Å²) in [5.41, 5.74) is 0.703. The van der Waals surface area contributed by atoms with Crippen molar-refractivity contribution in [3.8, 4) is 0 Å². The van der Waals surface area contributed by atoms with Crippen LogP contribution in [0.25, 0.3) is 0 Å². The van der Waals surface area contributed by atoms with Crippen molar-refractivity contribution in [2.75, 3.05) is 11.9 Å². The zero-order valence-corrected chi connectivity index (χ0v) is 13.3. The van der Waals surface area contributed by atoms with Crippen molar-refractivity contribution in [1.29, 1.82) is 0 Å². The van der Waals surface area contributed by atoms with Crippen molar-refractivity contribution in [2.24, 2.45) is 5.41 Å². The Bertz CT molecular complexity index is 494. The van der Waals surface area contributed by atoms with Gasteiger partial charge in [-0.15, -0.1) is 0 Å². The summed E-state index contributed by atoms with van der Waals surface area (Å²) in [5, 5.41) is 3.79. The van der Waals surface area contributed by atoms with Crippen molar-refractivity contribution < 1.29 is 4.79 Å². The first-order valence-electron chi connectivity index (χ1n) is 6.39. The molecule has 1 aromatic heterocycles. The topological polar surface area (TPSA) is 62.0 Å². The van der Waals surface area contributed by atoms with Crippen LogP contribution in [0.4, 0.5) is 0 Å². The molecular weight excluding hydrogens is 308 g/mol. The van der Waals surface area contributed by atoms with Gasteiger partial charge in [0.05, 0.1) is 0 Å². The van der Waals surface area contributed by atoms with E-state index in [2.05, 4.69) is 40.1 Å². The molecule has 4 nitrogen and oxygen atoms in total. The van der Waals surface area contributed by atoms with Gasteiger partial charge in [0.1, 0.15) is 5.56 Å². The third-order valence-electron chi connectivity index (χ3n) is 3.02. The highest BCUT2D eigenvalue weighted by Gasteiger charge is 2.19. The normalized spacial score (nSPS) is 11.4. The summed E-state index contributed by atoms with van der Waals surface area (Å²) in [5.74, 6) is -0.312. The molecule has 0 aliphatic heterocycles. The van der Waals surface area contributed by atoms with Crippen LogP contribution in [0.15, 0.2) is 17.1 Å². The Morgan fingerprint density at radius 1 is 1.47 bits per heavy atom. The van der Waals surface area contributed by atoms with Crippen LogP contribution in [0, 0.1) is 12.3 Å². The Kier molecular flexibility index (Phi) is 5.79. The quantitative estimate of drug-likeness (QED) is 0.788. The minimum Gasteiger partial charge on any atom is -0.364 e. The van der Waals surface area contributed by atoms with E-state index in [-0.39, 0.29) is 22.3 Å². The number of aryl methyl sites for hydroxylation is 1. The fraction of sp³-hybridized carbons (Fsp3) is 0.571. The molecule has 2 N–H and O–H groups in total. The second-order valence-electron chi connectivity index (χ2n) is 5.53. The maximum absolute atomic E-state index is 12.0. The highest BCUT2D eigenvalue weighted by Crippen LogP contribution is 2.21. The van der Waals surface area contributed by atoms with Crippen molar-refractivity contribution in [3.05, 3.63) is 33.7 Å². The number of hydrogen-bond acceptors (Lipinski definition) is 2. The smallest absolute Gasteiger partial charge is 0.256 e. The fourth-order valence-electron chi connectivity index (χ4n) is 1.80. The number of amides is 1. The van der Waals surface area contributed by atoms with Gasteiger partial charge in [0.25, 0.3) is 5.91 Å². The number of H-pyrrole nitrogens is 1. The van der Waals surface area contributed by atoms with E-state index in [1.54, 1.807) is 6.92 Å². The number of carbonyl (C=O) groups excluding carboxylic acids is 1. The van der Waals surface area contributed by atoms with Crippen LogP contribution in [0.1, 0.15) is 42.7 Å². The molecular formula is C14H21BrN2O2. The van der Waals surface area contributed by atoms with E-state index in [9.17, 15) is 9.59 Å². The predicted molar refractivity (Wildman–Crippen MR) is 80.9 cm³/mol. The summed E-state index contributed by atoms with van der Waals surface area (Å²) < 4.78 is 0. The molecule has 0 aliphatic carbocycles. The zero-order valence-electron chi connectivity index (χ0n) is 11.7. The van der Waals surface area contributed by atoms with E-state index < -0.39 is 0 Å². The monoisotopic (exact) mass is 328 g/mol. The molecule has 0 saturated heterocycles. The standard InChI is InChI=1S/C14H21BrN2O2/c1-10-7-12(18)11(8-16-10)13(19)17-9-14(2,3)5-4-6-15/h7-8H,4-6,9H2,1-3H3,(H,16,18)(H,17,19). The molecule has 19 heavy (non-hydrogen) atoms. The van der Waals surface area contributed by atoms with Gasteiger partial charge in [-0.05, 0) is 25.2 Å². The molecule has 1 heterocycles. The summed E-state index contributed by atoms with van der Waals surface area (Å²) >= 11 is 3.40. The zero-order chi connectivity index (χ0) is 14.5. The molecule has 0 spiro atoms. The molecule has 0 fully saturated rings. The summed E-state index contributed by atoms with van der Waals surface area (Å²) in [6, 6.07) is 1.44. The number of aromatic amines is 1. The van der Waals surface area contributed by atoms with Gasteiger partial charge in [-0.25, -0.2) is 0 Å². The van der Waals surface area contributed by atoms with E-state index >= 15 is 0 Å². The maximum atomic E-state index is 12.0. The largest absolute Gasteiger partial charge is 0.364 e. The molecule has 0 aliphatic rings. The van der Waals surface area contributed by atoms with E-state index in [0.717, 1.165) is 23.9 Å². The van der Waals surface area contributed by atoms with E-state index in [0.29, 0.717) is 6.54 Å². The lowest BCUT2D eigenvalue weighted by atomic mass is 9.88. The molecule has 1 aromatic rings. The van der Waals surface area contributed by atoms with Crippen LogP contribution in [-0.2, 0) is 0 Å². The van der Waals surface area contributed by atoms with Gasteiger partial charge in [-0.3, -0.25) is 9.59 Å². The summed E-state index contributed by atoms with van der Waals surface area (Å²) in [6.45, 7) is 6.56. The van der Waals surface area contributed by atoms with E-state index in [4.69, 9.17) is 0 Å². The number of hydrogen-bond donors (Lipinski definition) is 2.